The zero-order valence-corrected chi connectivity index (χ0v) is 17.5. The summed E-state index contributed by atoms with van der Waals surface area (Å²) in [5.74, 6) is 2.65. The molecule has 30 heavy (non-hydrogen) atoms. The molecule has 3 nitrogen and oxygen atoms in total. The summed E-state index contributed by atoms with van der Waals surface area (Å²) >= 11 is 0. The molecule has 0 saturated heterocycles. The lowest BCUT2D eigenvalue weighted by Crippen LogP contribution is -2.07. The van der Waals surface area contributed by atoms with Gasteiger partial charge in [-0.25, -0.2) is 0 Å². The second kappa shape index (κ2) is 7.42. The van der Waals surface area contributed by atoms with Crippen LogP contribution in [0.1, 0.15) is 11.1 Å². The van der Waals surface area contributed by atoms with Crippen LogP contribution in [0.3, 0.4) is 0 Å². The van der Waals surface area contributed by atoms with Crippen LogP contribution in [0.15, 0.2) is 66.7 Å². The summed E-state index contributed by atoms with van der Waals surface area (Å²) in [7, 11) is 5.14. The summed E-state index contributed by atoms with van der Waals surface area (Å²) in [6.45, 7) is 0. The molecule has 0 atom stereocenters. The molecule has 0 saturated carbocycles. The van der Waals surface area contributed by atoms with Crippen LogP contribution in [-0.4, -0.2) is 21.3 Å². The monoisotopic (exact) mass is 396 g/mol. The standard InChI is InChI=1S/C27H24O3/c1-28-20-8-4-17(5-9-20)27-24-12-7-18-14-21(29-2)11-13-23(18)26(24)15-19-6-10-22(30-3)16-25(19)27/h4-6,8-11,13-16H,7,12H2,1-3H3. The maximum atomic E-state index is 5.54. The van der Waals surface area contributed by atoms with Gasteiger partial charge < -0.3 is 14.2 Å². The van der Waals surface area contributed by atoms with Gasteiger partial charge in [0, 0.05) is 0 Å². The van der Waals surface area contributed by atoms with E-state index < -0.39 is 0 Å². The Labute approximate surface area is 176 Å². The molecule has 0 spiro atoms. The van der Waals surface area contributed by atoms with Crippen LogP contribution >= 0.6 is 0 Å². The van der Waals surface area contributed by atoms with Gasteiger partial charge in [-0.15, -0.1) is 0 Å². The highest BCUT2D eigenvalue weighted by Gasteiger charge is 2.22. The molecular formula is C27H24O3. The van der Waals surface area contributed by atoms with Crippen molar-refractivity contribution >= 4 is 10.8 Å². The molecule has 0 radical (unpaired) electrons. The molecule has 150 valence electrons. The fraction of sp³-hybridized carbons (Fsp3) is 0.185. The van der Waals surface area contributed by atoms with Crippen LogP contribution < -0.4 is 14.2 Å². The maximum Gasteiger partial charge on any atom is 0.119 e. The first-order valence-electron chi connectivity index (χ1n) is 10.2. The predicted octanol–water partition coefficient (Wildman–Crippen LogP) is 6.30. The van der Waals surface area contributed by atoms with Crippen LogP contribution in [0.4, 0.5) is 0 Å². The Morgan fingerprint density at radius 2 is 1.27 bits per heavy atom. The highest BCUT2D eigenvalue weighted by molar-refractivity contribution is 6.04. The van der Waals surface area contributed by atoms with Crippen molar-refractivity contribution in [2.24, 2.45) is 0 Å². The van der Waals surface area contributed by atoms with Crippen molar-refractivity contribution in [3.63, 3.8) is 0 Å². The molecule has 0 aromatic heterocycles. The third-order valence-corrected chi connectivity index (χ3v) is 6.08. The fourth-order valence-corrected chi connectivity index (χ4v) is 4.56. The van der Waals surface area contributed by atoms with Crippen molar-refractivity contribution in [2.75, 3.05) is 21.3 Å². The summed E-state index contributed by atoms with van der Waals surface area (Å²) < 4.78 is 16.4. The van der Waals surface area contributed by atoms with Crippen molar-refractivity contribution in [3.05, 3.63) is 77.9 Å². The Morgan fingerprint density at radius 1 is 0.600 bits per heavy atom. The number of methoxy groups -OCH3 is 3. The summed E-state index contributed by atoms with van der Waals surface area (Å²) in [6.07, 6.45) is 1.99. The average Bonchev–Trinajstić information content (AvgIpc) is 2.81. The lowest BCUT2D eigenvalue weighted by molar-refractivity contribution is 0.414. The van der Waals surface area contributed by atoms with Gasteiger partial charge in [0.15, 0.2) is 0 Å². The van der Waals surface area contributed by atoms with Gasteiger partial charge in [-0.3, -0.25) is 0 Å². The topological polar surface area (TPSA) is 27.7 Å². The molecule has 0 amide bonds. The van der Waals surface area contributed by atoms with Crippen molar-refractivity contribution in [1.29, 1.82) is 0 Å². The van der Waals surface area contributed by atoms with Gasteiger partial charge in [0.2, 0.25) is 0 Å². The summed E-state index contributed by atoms with van der Waals surface area (Å²) in [6, 6.07) is 23.4. The average molecular weight is 396 g/mol. The number of ether oxygens (including phenoxy) is 3. The van der Waals surface area contributed by atoms with E-state index in [-0.39, 0.29) is 0 Å². The summed E-state index contributed by atoms with van der Waals surface area (Å²) in [4.78, 5) is 0. The third-order valence-electron chi connectivity index (χ3n) is 6.08. The smallest absolute Gasteiger partial charge is 0.119 e. The lowest BCUT2D eigenvalue weighted by Gasteiger charge is -2.25. The zero-order chi connectivity index (χ0) is 20.7. The van der Waals surface area contributed by atoms with E-state index in [2.05, 4.69) is 48.5 Å². The van der Waals surface area contributed by atoms with Crippen LogP contribution in [-0.2, 0) is 12.8 Å². The Morgan fingerprint density at radius 3 is 2.00 bits per heavy atom. The Bertz CT molecular complexity index is 1240. The molecule has 0 unspecified atom stereocenters. The summed E-state index contributed by atoms with van der Waals surface area (Å²) in [5, 5.41) is 2.43. The summed E-state index contributed by atoms with van der Waals surface area (Å²) in [5.41, 5.74) is 7.81. The van der Waals surface area contributed by atoms with Crippen LogP contribution in [0.25, 0.3) is 33.0 Å². The SMILES string of the molecule is COc1ccc(-c2c3c(cc4ccc(OC)cc24)-c2ccc(OC)cc2CC3)cc1. The Hall–Kier alpha value is -3.46. The molecule has 0 bridgehead atoms. The minimum Gasteiger partial charge on any atom is -0.497 e. The number of aryl methyl sites for hydroxylation is 1. The number of rotatable bonds is 4. The van der Waals surface area contributed by atoms with E-state index in [9.17, 15) is 0 Å². The molecule has 1 aliphatic rings. The van der Waals surface area contributed by atoms with E-state index >= 15 is 0 Å². The van der Waals surface area contributed by atoms with Crippen molar-refractivity contribution < 1.29 is 14.2 Å². The Kier molecular flexibility index (Phi) is 4.59. The molecule has 0 fully saturated rings. The first-order valence-corrected chi connectivity index (χ1v) is 10.2. The van der Waals surface area contributed by atoms with Crippen molar-refractivity contribution in [3.8, 4) is 39.5 Å². The predicted molar refractivity (Wildman–Crippen MR) is 122 cm³/mol. The molecule has 0 N–H and O–H groups in total. The second-order valence-corrected chi connectivity index (χ2v) is 7.62. The minimum absolute atomic E-state index is 0.864. The molecule has 0 aliphatic heterocycles. The molecule has 1 aliphatic carbocycles. The number of fused-ring (bicyclic) bond motifs is 4. The second-order valence-electron chi connectivity index (χ2n) is 7.62. The molecule has 3 heteroatoms. The number of benzene rings is 4. The third kappa shape index (κ3) is 2.98. The van der Waals surface area contributed by atoms with Crippen LogP contribution in [0, 0.1) is 0 Å². The minimum atomic E-state index is 0.864. The van der Waals surface area contributed by atoms with Gasteiger partial charge in [-0.05, 0) is 99.5 Å². The van der Waals surface area contributed by atoms with E-state index in [1.807, 2.05) is 18.2 Å². The number of hydrogen-bond acceptors (Lipinski definition) is 3. The quantitative estimate of drug-likeness (QED) is 0.405. The first-order chi connectivity index (χ1) is 14.7. The highest BCUT2D eigenvalue weighted by atomic mass is 16.5. The van der Waals surface area contributed by atoms with Gasteiger partial charge in [0.1, 0.15) is 17.2 Å². The molecule has 5 rings (SSSR count). The fourth-order valence-electron chi connectivity index (χ4n) is 4.56. The van der Waals surface area contributed by atoms with E-state index in [0.717, 1.165) is 30.1 Å². The molecule has 0 heterocycles. The van der Waals surface area contributed by atoms with Crippen LogP contribution in [0.5, 0.6) is 17.2 Å². The van der Waals surface area contributed by atoms with Crippen molar-refractivity contribution in [1.82, 2.24) is 0 Å². The van der Waals surface area contributed by atoms with Crippen molar-refractivity contribution in [2.45, 2.75) is 12.8 Å². The normalized spacial score (nSPS) is 12.2. The van der Waals surface area contributed by atoms with E-state index in [4.69, 9.17) is 14.2 Å². The molecule has 4 aromatic carbocycles. The van der Waals surface area contributed by atoms with E-state index in [1.165, 1.54) is 44.2 Å². The lowest BCUT2D eigenvalue weighted by atomic mass is 9.79. The van der Waals surface area contributed by atoms with Gasteiger partial charge in [-0.2, -0.15) is 0 Å². The Balaban J connectivity index is 1.81. The van der Waals surface area contributed by atoms with Gasteiger partial charge in [0.25, 0.3) is 0 Å². The largest absolute Gasteiger partial charge is 0.497 e. The number of hydrogen-bond donors (Lipinski definition) is 0. The maximum absolute atomic E-state index is 5.54. The van der Waals surface area contributed by atoms with Crippen LogP contribution in [0.2, 0.25) is 0 Å². The van der Waals surface area contributed by atoms with Gasteiger partial charge >= 0.3 is 0 Å². The molecule has 4 aromatic rings. The highest BCUT2D eigenvalue weighted by Crippen LogP contribution is 2.44. The van der Waals surface area contributed by atoms with E-state index in [1.54, 1.807) is 21.3 Å². The molecular weight excluding hydrogens is 372 g/mol. The van der Waals surface area contributed by atoms with Gasteiger partial charge in [0.05, 0.1) is 21.3 Å². The zero-order valence-electron chi connectivity index (χ0n) is 17.5. The first kappa shape index (κ1) is 18.6. The van der Waals surface area contributed by atoms with E-state index in [0.29, 0.717) is 0 Å². The van der Waals surface area contributed by atoms with Gasteiger partial charge in [-0.1, -0.05) is 24.3 Å².